The third-order valence-electron chi connectivity index (χ3n) is 4.43. The van der Waals surface area contributed by atoms with E-state index >= 15 is 0 Å². The van der Waals surface area contributed by atoms with Crippen molar-refractivity contribution in [3.63, 3.8) is 0 Å². The molecule has 1 aromatic heterocycles. The molecule has 0 fully saturated rings. The van der Waals surface area contributed by atoms with Gasteiger partial charge in [0.25, 0.3) is 0 Å². The minimum atomic E-state index is -4.52. The number of anilines is 2. The van der Waals surface area contributed by atoms with E-state index in [1.165, 1.54) is 18.2 Å². The number of rotatable bonds is 9. The molecule has 7 nitrogen and oxygen atoms in total. The maximum absolute atomic E-state index is 12.9. The van der Waals surface area contributed by atoms with E-state index < -0.39 is 17.6 Å². The lowest BCUT2D eigenvalue weighted by molar-refractivity contribution is -0.137. The number of thioether (sulfide) groups is 1. The SMILES string of the molecule is C=CCn1c(CC(=O)Nc2cccc(C(F)(F)F)c2)nnc1SCC(=O)Nc1ccc(Cl)c(Cl)c1. The van der Waals surface area contributed by atoms with Gasteiger partial charge in [-0.15, -0.1) is 16.8 Å². The van der Waals surface area contributed by atoms with Crippen LogP contribution in [0.25, 0.3) is 0 Å². The van der Waals surface area contributed by atoms with E-state index in [1.807, 2.05) is 0 Å². The Morgan fingerprint density at radius 1 is 1.03 bits per heavy atom. The molecule has 1 heterocycles. The molecule has 35 heavy (non-hydrogen) atoms. The van der Waals surface area contributed by atoms with E-state index in [0.717, 1.165) is 23.9 Å². The van der Waals surface area contributed by atoms with E-state index in [1.54, 1.807) is 22.8 Å². The quantitative estimate of drug-likeness (QED) is 0.267. The molecule has 0 unspecified atom stereocenters. The number of carbonyl (C=O) groups excluding carboxylic acids is 2. The van der Waals surface area contributed by atoms with Gasteiger partial charge < -0.3 is 15.2 Å². The molecule has 2 amide bonds. The zero-order valence-corrected chi connectivity index (χ0v) is 20.2. The summed E-state index contributed by atoms with van der Waals surface area (Å²) in [5, 5.41) is 14.2. The Kier molecular flexibility index (Phi) is 8.82. The Labute approximate surface area is 212 Å². The molecule has 0 radical (unpaired) electrons. The zero-order valence-electron chi connectivity index (χ0n) is 17.9. The van der Waals surface area contributed by atoms with Crippen LogP contribution in [0.1, 0.15) is 11.4 Å². The van der Waals surface area contributed by atoms with Gasteiger partial charge in [0.2, 0.25) is 11.8 Å². The second-order valence-corrected chi connectivity index (χ2v) is 8.82. The lowest BCUT2D eigenvalue weighted by Gasteiger charge is -2.11. The molecule has 0 saturated carbocycles. The number of halogens is 5. The van der Waals surface area contributed by atoms with Gasteiger partial charge in [0.1, 0.15) is 5.82 Å². The molecule has 0 aliphatic heterocycles. The van der Waals surface area contributed by atoms with Crippen molar-refractivity contribution in [3.8, 4) is 0 Å². The van der Waals surface area contributed by atoms with E-state index in [-0.39, 0.29) is 36.1 Å². The van der Waals surface area contributed by atoms with Gasteiger partial charge in [0.15, 0.2) is 5.16 Å². The number of hydrogen-bond donors (Lipinski definition) is 2. The zero-order chi connectivity index (χ0) is 25.6. The van der Waals surface area contributed by atoms with Crippen LogP contribution in [0.4, 0.5) is 24.5 Å². The van der Waals surface area contributed by atoms with Crippen molar-refractivity contribution in [3.05, 3.63) is 76.6 Å². The fourth-order valence-corrected chi connectivity index (χ4v) is 3.96. The number of hydrogen-bond acceptors (Lipinski definition) is 5. The van der Waals surface area contributed by atoms with Crippen molar-refractivity contribution in [1.29, 1.82) is 0 Å². The van der Waals surface area contributed by atoms with E-state index in [0.29, 0.717) is 20.9 Å². The predicted octanol–water partition coefficient (Wildman–Crippen LogP) is 5.70. The average Bonchev–Trinajstić information content (AvgIpc) is 3.16. The van der Waals surface area contributed by atoms with Crippen molar-refractivity contribution < 1.29 is 22.8 Å². The van der Waals surface area contributed by atoms with Crippen molar-refractivity contribution >= 4 is 58.2 Å². The topological polar surface area (TPSA) is 88.9 Å². The van der Waals surface area contributed by atoms with Crippen molar-refractivity contribution in [2.45, 2.75) is 24.3 Å². The molecular formula is C22H18Cl2F3N5O2S. The maximum atomic E-state index is 12.9. The summed E-state index contributed by atoms with van der Waals surface area (Å²) in [6.07, 6.45) is -3.20. The van der Waals surface area contributed by atoms with Crippen LogP contribution in [0, 0.1) is 0 Å². The van der Waals surface area contributed by atoms with Crippen LogP contribution < -0.4 is 10.6 Å². The van der Waals surface area contributed by atoms with Crippen LogP contribution in [-0.4, -0.2) is 32.3 Å². The number of amides is 2. The largest absolute Gasteiger partial charge is 0.416 e. The average molecular weight is 544 g/mol. The summed E-state index contributed by atoms with van der Waals surface area (Å²) < 4.78 is 40.3. The molecule has 0 aliphatic rings. The molecule has 184 valence electrons. The van der Waals surface area contributed by atoms with Gasteiger partial charge in [0, 0.05) is 17.9 Å². The number of nitrogens with one attached hydrogen (secondary N) is 2. The van der Waals surface area contributed by atoms with Gasteiger partial charge in [-0.2, -0.15) is 13.2 Å². The Balaban J connectivity index is 1.63. The molecule has 3 aromatic rings. The van der Waals surface area contributed by atoms with Crippen LogP contribution in [0.15, 0.2) is 60.3 Å². The molecule has 2 N–H and O–H groups in total. The van der Waals surface area contributed by atoms with Gasteiger partial charge in [-0.05, 0) is 36.4 Å². The summed E-state index contributed by atoms with van der Waals surface area (Å²) in [7, 11) is 0. The van der Waals surface area contributed by atoms with E-state index in [9.17, 15) is 22.8 Å². The minimum absolute atomic E-state index is 0.00758. The highest BCUT2D eigenvalue weighted by Crippen LogP contribution is 2.30. The van der Waals surface area contributed by atoms with E-state index in [2.05, 4.69) is 27.4 Å². The molecule has 0 aliphatic carbocycles. The summed E-state index contributed by atoms with van der Waals surface area (Å²) in [4.78, 5) is 24.7. The first-order valence-corrected chi connectivity index (χ1v) is 11.7. The number of allylic oxidation sites excluding steroid dienone is 1. The van der Waals surface area contributed by atoms with Crippen molar-refractivity contribution in [1.82, 2.24) is 14.8 Å². The summed E-state index contributed by atoms with van der Waals surface area (Å²) in [6, 6.07) is 9.01. The lowest BCUT2D eigenvalue weighted by atomic mass is 10.2. The highest BCUT2D eigenvalue weighted by molar-refractivity contribution is 7.99. The molecule has 0 spiro atoms. The Hall–Kier alpha value is -3.02. The van der Waals surface area contributed by atoms with Gasteiger partial charge in [-0.3, -0.25) is 9.59 Å². The number of benzene rings is 2. The molecule has 3 rings (SSSR count). The smallest absolute Gasteiger partial charge is 0.326 e. The fourth-order valence-electron chi connectivity index (χ4n) is 2.89. The van der Waals surface area contributed by atoms with Crippen LogP contribution in [-0.2, 0) is 28.7 Å². The van der Waals surface area contributed by atoms with Crippen LogP contribution >= 0.6 is 35.0 Å². The second kappa shape index (κ2) is 11.6. The van der Waals surface area contributed by atoms with Crippen LogP contribution in [0.3, 0.4) is 0 Å². The van der Waals surface area contributed by atoms with E-state index in [4.69, 9.17) is 23.2 Å². The first-order valence-electron chi connectivity index (χ1n) is 9.94. The van der Waals surface area contributed by atoms with Crippen molar-refractivity contribution in [2.24, 2.45) is 0 Å². The van der Waals surface area contributed by atoms with Crippen molar-refractivity contribution in [2.75, 3.05) is 16.4 Å². The minimum Gasteiger partial charge on any atom is -0.326 e. The monoisotopic (exact) mass is 543 g/mol. The highest BCUT2D eigenvalue weighted by atomic mass is 35.5. The molecule has 0 saturated heterocycles. The molecular weight excluding hydrogens is 526 g/mol. The first-order chi connectivity index (χ1) is 16.6. The standard InChI is InChI=1S/C22H18Cl2F3N5O2S/c1-2-8-32-18(11-19(33)28-14-5-3-4-13(9-14)22(25,26)27)30-31-21(32)35-12-20(34)29-15-6-7-16(23)17(24)10-15/h2-7,9-10H,1,8,11-12H2,(H,28,33)(H,29,34). The summed E-state index contributed by atoms with van der Waals surface area (Å²) in [6.45, 7) is 3.93. The number of nitrogens with zero attached hydrogens (tertiary/aromatic N) is 3. The fraction of sp³-hybridized carbons (Fsp3) is 0.182. The van der Waals surface area contributed by atoms with Gasteiger partial charge in [0.05, 0.1) is 27.8 Å². The van der Waals surface area contributed by atoms with Gasteiger partial charge >= 0.3 is 6.18 Å². The first kappa shape index (κ1) is 26.6. The third kappa shape index (κ3) is 7.48. The summed E-state index contributed by atoms with van der Waals surface area (Å²) >= 11 is 12.9. The maximum Gasteiger partial charge on any atom is 0.416 e. The number of alkyl halides is 3. The Morgan fingerprint density at radius 2 is 1.74 bits per heavy atom. The lowest BCUT2D eigenvalue weighted by Crippen LogP contribution is -2.18. The molecule has 13 heteroatoms. The van der Waals surface area contributed by atoms with Gasteiger partial charge in [-0.25, -0.2) is 0 Å². The highest BCUT2D eigenvalue weighted by Gasteiger charge is 2.30. The normalized spacial score (nSPS) is 11.2. The molecule has 0 bridgehead atoms. The third-order valence-corrected chi connectivity index (χ3v) is 6.14. The molecule has 0 atom stereocenters. The van der Waals surface area contributed by atoms with Gasteiger partial charge in [-0.1, -0.05) is 47.1 Å². The summed E-state index contributed by atoms with van der Waals surface area (Å²) in [5.74, 6) is -0.644. The molecule has 2 aromatic carbocycles. The Bertz CT molecular complexity index is 1250. The number of carbonyl (C=O) groups is 2. The van der Waals surface area contributed by atoms with Crippen LogP contribution in [0.2, 0.25) is 10.0 Å². The predicted molar refractivity (Wildman–Crippen MR) is 130 cm³/mol. The Morgan fingerprint density at radius 3 is 2.43 bits per heavy atom. The second-order valence-electron chi connectivity index (χ2n) is 7.07. The summed E-state index contributed by atoms with van der Waals surface area (Å²) in [5.41, 5.74) is -0.388. The number of aromatic nitrogens is 3. The van der Waals surface area contributed by atoms with Crippen LogP contribution in [0.5, 0.6) is 0 Å².